The van der Waals surface area contributed by atoms with Crippen LogP contribution in [0.2, 0.25) is 0 Å². The van der Waals surface area contributed by atoms with Crippen molar-refractivity contribution in [3.05, 3.63) is 65.7 Å². The molecular formula is C23H27N3O3. The number of ether oxygens (including phenoxy) is 1. The average Bonchev–Trinajstić information content (AvgIpc) is 2.74. The van der Waals surface area contributed by atoms with E-state index in [2.05, 4.69) is 9.80 Å². The first-order valence-corrected chi connectivity index (χ1v) is 10.3. The average molecular weight is 393 g/mol. The Balaban J connectivity index is 1.34. The summed E-state index contributed by atoms with van der Waals surface area (Å²) >= 11 is 0. The number of para-hydroxylation sites is 1. The van der Waals surface area contributed by atoms with Gasteiger partial charge in [-0.15, -0.1) is 0 Å². The highest BCUT2D eigenvalue weighted by Crippen LogP contribution is 2.37. The third kappa shape index (κ3) is 3.41. The summed E-state index contributed by atoms with van der Waals surface area (Å²) in [5, 5.41) is 10.1. The standard InChI is InChI=1S/C23H27N3O3/c27-21-9-5-4-8-19(21)12-24-15-23(16-24)17-25(13-20-14-29-11-10-26(20)23)22(28)18-6-2-1-3-7-18/h1-9,20,27H,10-17H2. The van der Waals surface area contributed by atoms with E-state index in [0.717, 1.165) is 57.0 Å². The van der Waals surface area contributed by atoms with Gasteiger partial charge in [-0.05, 0) is 18.2 Å². The first-order chi connectivity index (χ1) is 14.1. The molecule has 0 bridgehead atoms. The Hall–Kier alpha value is -2.41. The van der Waals surface area contributed by atoms with Crippen molar-refractivity contribution in [1.29, 1.82) is 0 Å². The molecule has 3 heterocycles. The minimum absolute atomic E-state index is 0.0263. The van der Waals surface area contributed by atoms with E-state index >= 15 is 0 Å². The minimum atomic E-state index is -0.0263. The lowest BCUT2D eigenvalue weighted by Crippen LogP contribution is -2.80. The molecule has 0 radical (unpaired) electrons. The predicted molar refractivity (Wildman–Crippen MR) is 110 cm³/mol. The Morgan fingerprint density at radius 3 is 2.62 bits per heavy atom. The van der Waals surface area contributed by atoms with Crippen molar-refractivity contribution >= 4 is 5.91 Å². The molecule has 1 unspecified atom stereocenters. The number of fused-ring (bicyclic) bond motifs is 2. The van der Waals surface area contributed by atoms with E-state index in [4.69, 9.17) is 4.74 Å². The maximum absolute atomic E-state index is 13.1. The van der Waals surface area contributed by atoms with Gasteiger partial charge in [-0.25, -0.2) is 0 Å². The van der Waals surface area contributed by atoms with Crippen LogP contribution in [-0.4, -0.2) is 83.2 Å². The quantitative estimate of drug-likeness (QED) is 0.862. The van der Waals surface area contributed by atoms with E-state index in [1.807, 2.05) is 53.4 Å². The molecule has 0 aliphatic carbocycles. The molecule has 1 N–H and O–H groups in total. The first-order valence-electron chi connectivity index (χ1n) is 10.3. The fourth-order valence-corrected chi connectivity index (χ4v) is 5.18. The van der Waals surface area contributed by atoms with Crippen molar-refractivity contribution in [2.45, 2.75) is 18.1 Å². The summed E-state index contributed by atoms with van der Waals surface area (Å²) in [5.74, 6) is 0.455. The number of aromatic hydroxyl groups is 1. The van der Waals surface area contributed by atoms with Crippen LogP contribution in [0.3, 0.4) is 0 Å². The number of phenols is 1. The highest BCUT2D eigenvalue weighted by Gasteiger charge is 2.54. The number of hydrogen-bond acceptors (Lipinski definition) is 5. The third-order valence-corrected chi connectivity index (χ3v) is 6.48. The normalized spacial score (nSPS) is 24.1. The number of carbonyl (C=O) groups is 1. The first kappa shape index (κ1) is 18.6. The molecule has 2 aromatic carbocycles. The largest absolute Gasteiger partial charge is 0.508 e. The summed E-state index contributed by atoms with van der Waals surface area (Å²) in [7, 11) is 0. The number of hydrogen-bond donors (Lipinski definition) is 1. The molecule has 29 heavy (non-hydrogen) atoms. The van der Waals surface area contributed by atoms with Crippen molar-refractivity contribution in [3.63, 3.8) is 0 Å². The van der Waals surface area contributed by atoms with Crippen LogP contribution < -0.4 is 0 Å². The molecule has 152 valence electrons. The van der Waals surface area contributed by atoms with E-state index in [1.165, 1.54) is 0 Å². The van der Waals surface area contributed by atoms with Crippen LogP contribution in [0.4, 0.5) is 0 Å². The summed E-state index contributed by atoms with van der Waals surface area (Å²) in [6.07, 6.45) is 0. The van der Waals surface area contributed by atoms with Gasteiger partial charge in [0.25, 0.3) is 5.91 Å². The van der Waals surface area contributed by atoms with Crippen LogP contribution in [0.1, 0.15) is 15.9 Å². The van der Waals surface area contributed by atoms with Crippen LogP contribution in [0.15, 0.2) is 54.6 Å². The third-order valence-electron chi connectivity index (χ3n) is 6.48. The van der Waals surface area contributed by atoms with Crippen LogP contribution in [-0.2, 0) is 11.3 Å². The van der Waals surface area contributed by atoms with Crippen LogP contribution in [0.25, 0.3) is 0 Å². The lowest BCUT2D eigenvalue weighted by molar-refractivity contribution is -0.160. The van der Waals surface area contributed by atoms with Crippen LogP contribution >= 0.6 is 0 Å². The minimum Gasteiger partial charge on any atom is -0.508 e. The summed E-state index contributed by atoms with van der Waals surface area (Å²) in [6, 6.07) is 17.3. The van der Waals surface area contributed by atoms with Gasteiger partial charge < -0.3 is 14.7 Å². The highest BCUT2D eigenvalue weighted by atomic mass is 16.5. The Morgan fingerprint density at radius 1 is 1.07 bits per heavy atom. The molecule has 3 saturated heterocycles. The Bertz CT molecular complexity index is 882. The Labute approximate surface area is 171 Å². The molecule has 0 saturated carbocycles. The van der Waals surface area contributed by atoms with Gasteiger partial charge in [0.15, 0.2) is 0 Å². The molecule has 3 aliphatic rings. The van der Waals surface area contributed by atoms with Crippen molar-refractivity contribution in [3.8, 4) is 5.75 Å². The molecule has 6 heteroatoms. The van der Waals surface area contributed by atoms with Crippen LogP contribution in [0, 0.1) is 0 Å². The van der Waals surface area contributed by atoms with Gasteiger partial charge in [0, 0.05) is 50.4 Å². The number of piperazine rings is 1. The van der Waals surface area contributed by atoms with Gasteiger partial charge in [-0.1, -0.05) is 36.4 Å². The number of rotatable bonds is 3. The number of nitrogens with zero attached hydrogens (tertiary/aromatic N) is 3. The molecule has 3 aliphatic heterocycles. The topological polar surface area (TPSA) is 56.2 Å². The van der Waals surface area contributed by atoms with Crippen molar-refractivity contribution in [2.75, 3.05) is 45.9 Å². The molecule has 1 atom stereocenters. The second-order valence-electron chi connectivity index (χ2n) is 8.47. The maximum atomic E-state index is 13.1. The van der Waals surface area contributed by atoms with Gasteiger partial charge in [-0.2, -0.15) is 0 Å². The second-order valence-corrected chi connectivity index (χ2v) is 8.47. The number of morpholine rings is 1. The van der Waals surface area contributed by atoms with Gasteiger partial charge >= 0.3 is 0 Å². The summed E-state index contributed by atoms with van der Waals surface area (Å²) < 4.78 is 5.75. The summed E-state index contributed by atoms with van der Waals surface area (Å²) in [6.45, 7) is 6.35. The molecule has 1 spiro atoms. The zero-order chi connectivity index (χ0) is 19.8. The number of carbonyl (C=O) groups excluding carboxylic acids is 1. The van der Waals surface area contributed by atoms with E-state index in [9.17, 15) is 9.90 Å². The molecular weight excluding hydrogens is 366 g/mol. The Morgan fingerprint density at radius 2 is 1.83 bits per heavy atom. The monoisotopic (exact) mass is 393 g/mol. The molecule has 0 aromatic heterocycles. The highest BCUT2D eigenvalue weighted by molar-refractivity contribution is 5.94. The van der Waals surface area contributed by atoms with Gasteiger partial charge in [0.05, 0.1) is 24.8 Å². The van der Waals surface area contributed by atoms with Crippen molar-refractivity contribution < 1.29 is 14.6 Å². The second kappa shape index (κ2) is 7.44. The van der Waals surface area contributed by atoms with Crippen LogP contribution in [0.5, 0.6) is 5.75 Å². The van der Waals surface area contributed by atoms with Gasteiger partial charge in [-0.3, -0.25) is 14.6 Å². The van der Waals surface area contributed by atoms with Crippen molar-refractivity contribution in [2.24, 2.45) is 0 Å². The zero-order valence-corrected chi connectivity index (χ0v) is 16.5. The predicted octanol–water partition coefficient (Wildman–Crippen LogP) is 1.80. The number of likely N-dealkylation sites (tertiary alicyclic amines) is 1. The van der Waals surface area contributed by atoms with E-state index in [1.54, 1.807) is 6.07 Å². The molecule has 5 rings (SSSR count). The zero-order valence-electron chi connectivity index (χ0n) is 16.5. The smallest absolute Gasteiger partial charge is 0.253 e. The molecule has 3 fully saturated rings. The number of benzene rings is 2. The van der Waals surface area contributed by atoms with E-state index in [0.29, 0.717) is 12.4 Å². The Kier molecular flexibility index (Phi) is 4.78. The number of phenolic OH excluding ortho intramolecular Hbond substituents is 1. The van der Waals surface area contributed by atoms with Gasteiger partial charge in [0.1, 0.15) is 5.75 Å². The maximum Gasteiger partial charge on any atom is 0.253 e. The van der Waals surface area contributed by atoms with E-state index < -0.39 is 0 Å². The molecule has 2 aromatic rings. The molecule has 1 amide bonds. The number of amides is 1. The van der Waals surface area contributed by atoms with Gasteiger partial charge in [0.2, 0.25) is 0 Å². The van der Waals surface area contributed by atoms with Crippen molar-refractivity contribution in [1.82, 2.24) is 14.7 Å². The fraction of sp³-hybridized carbons (Fsp3) is 0.435. The fourth-order valence-electron chi connectivity index (χ4n) is 5.18. The SMILES string of the molecule is O=C(c1ccccc1)N1CC2COCCN2C2(CN(Cc3ccccc3O)C2)C1. The lowest BCUT2D eigenvalue weighted by Gasteiger charge is -2.63. The van der Waals surface area contributed by atoms with E-state index in [-0.39, 0.29) is 17.5 Å². The summed E-state index contributed by atoms with van der Waals surface area (Å²) in [4.78, 5) is 20.1. The summed E-state index contributed by atoms with van der Waals surface area (Å²) in [5.41, 5.74) is 1.67. The lowest BCUT2D eigenvalue weighted by atomic mass is 9.82. The molecule has 6 nitrogen and oxygen atoms in total.